The van der Waals surface area contributed by atoms with Gasteiger partial charge in [0.25, 0.3) is 0 Å². The van der Waals surface area contributed by atoms with Crippen LogP contribution in [0.2, 0.25) is 0 Å². The van der Waals surface area contributed by atoms with Gasteiger partial charge in [-0.1, -0.05) is 12.1 Å². The third kappa shape index (κ3) is 4.74. The molecule has 0 saturated carbocycles. The fraction of sp³-hybridized carbons (Fsp3) is 0.286. The molecule has 9 heteroatoms. The third-order valence-corrected chi connectivity index (χ3v) is 6.74. The van der Waals surface area contributed by atoms with Crippen LogP contribution in [-0.4, -0.2) is 28.0 Å². The van der Waals surface area contributed by atoms with Gasteiger partial charge in [0.1, 0.15) is 5.00 Å². The Morgan fingerprint density at radius 2 is 2.17 bits per heavy atom. The minimum atomic E-state index is -0.313. The molecule has 3 aromatic rings. The zero-order valence-electron chi connectivity index (χ0n) is 16.4. The number of anilines is 2. The van der Waals surface area contributed by atoms with E-state index < -0.39 is 0 Å². The Labute approximate surface area is 192 Å². The lowest BCUT2D eigenvalue weighted by atomic mass is 9.95. The van der Waals surface area contributed by atoms with Crippen molar-refractivity contribution in [2.45, 2.75) is 32.2 Å². The number of benzene rings is 1. The molecule has 0 unspecified atom stereocenters. The number of methoxy groups -OCH3 is 1. The third-order valence-electron chi connectivity index (χ3n) is 4.92. The van der Waals surface area contributed by atoms with E-state index in [0.29, 0.717) is 17.2 Å². The highest BCUT2D eigenvalue weighted by Crippen LogP contribution is 2.38. The maximum absolute atomic E-state index is 12.4. The van der Waals surface area contributed by atoms with E-state index in [4.69, 9.17) is 17.0 Å². The van der Waals surface area contributed by atoms with Gasteiger partial charge in [0.05, 0.1) is 29.9 Å². The van der Waals surface area contributed by atoms with Gasteiger partial charge in [-0.05, 0) is 77.1 Å². The normalized spacial score (nSPS) is 12.9. The van der Waals surface area contributed by atoms with E-state index in [1.807, 2.05) is 35.1 Å². The molecule has 0 spiro atoms. The number of ether oxygens (including phenoxy) is 1. The number of esters is 1. The molecule has 6 nitrogen and oxygen atoms in total. The molecule has 1 aliphatic carbocycles. The largest absolute Gasteiger partial charge is 0.465 e. The van der Waals surface area contributed by atoms with E-state index in [-0.39, 0.29) is 5.97 Å². The molecule has 156 valence electrons. The van der Waals surface area contributed by atoms with Gasteiger partial charge in [0.2, 0.25) is 0 Å². The lowest BCUT2D eigenvalue weighted by molar-refractivity contribution is 0.0601. The number of hydrogen-bond donors (Lipinski definition) is 2. The van der Waals surface area contributed by atoms with E-state index in [2.05, 4.69) is 31.7 Å². The van der Waals surface area contributed by atoms with Crippen LogP contribution in [0, 0.1) is 0 Å². The van der Waals surface area contributed by atoms with Crippen LogP contribution in [0.15, 0.2) is 41.1 Å². The summed E-state index contributed by atoms with van der Waals surface area (Å²) in [6.45, 7) is 0.658. The average molecular weight is 505 g/mol. The number of thiophene rings is 1. The van der Waals surface area contributed by atoms with Crippen LogP contribution < -0.4 is 10.6 Å². The second kappa shape index (κ2) is 9.28. The lowest BCUT2D eigenvalue weighted by Gasteiger charge is -2.13. The van der Waals surface area contributed by atoms with Crippen LogP contribution in [0.5, 0.6) is 0 Å². The van der Waals surface area contributed by atoms with E-state index in [1.54, 1.807) is 17.5 Å². The molecule has 30 heavy (non-hydrogen) atoms. The van der Waals surface area contributed by atoms with Gasteiger partial charge in [-0.25, -0.2) is 4.79 Å². The van der Waals surface area contributed by atoms with Crippen LogP contribution in [0.25, 0.3) is 0 Å². The summed E-state index contributed by atoms with van der Waals surface area (Å²) in [5.41, 5.74) is 3.70. The summed E-state index contributed by atoms with van der Waals surface area (Å²) < 4.78 is 7.83. The van der Waals surface area contributed by atoms with Crippen LogP contribution in [0.1, 0.15) is 39.2 Å². The summed E-state index contributed by atoms with van der Waals surface area (Å²) >= 11 is 10.5. The van der Waals surface area contributed by atoms with Crippen LogP contribution in [0.3, 0.4) is 0 Å². The van der Waals surface area contributed by atoms with E-state index >= 15 is 0 Å². The Morgan fingerprint density at radius 1 is 1.33 bits per heavy atom. The lowest BCUT2D eigenvalue weighted by Crippen LogP contribution is -2.20. The molecule has 0 radical (unpaired) electrons. The summed E-state index contributed by atoms with van der Waals surface area (Å²) in [5.74, 6) is -0.313. The van der Waals surface area contributed by atoms with Crippen molar-refractivity contribution >= 4 is 61.3 Å². The molecule has 1 aliphatic rings. The highest BCUT2D eigenvalue weighted by Gasteiger charge is 2.26. The first-order chi connectivity index (χ1) is 14.5. The van der Waals surface area contributed by atoms with E-state index in [0.717, 1.165) is 52.0 Å². The molecule has 0 atom stereocenters. The fourth-order valence-corrected chi connectivity index (χ4v) is 5.49. The topological polar surface area (TPSA) is 68.2 Å². The number of halogens is 1. The number of fused-ring (bicyclic) bond motifs is 1. The van der Waals surface area contributed by atoms with Crippen molar-refractivity contribution in [2.75, 3.05) is 17.7 Å². The van der Waals surface area contributed by atoms with Crippen LogP contribution in [-0.2, 0) is 24.1 Å². The second-order valence-corrected chi connectivity index (χ2v) is 9.47. The molecular weight excluding hydrogens is 484 g/mol. The molecule has 4 rings (SSSR count). The van der Waals surface area contributed by atoms with Crippen LogP contribution in [0.4, 0.5) is 10.7 Å². The highest BCUT2D eigenvalue weighted by molar-refractivity contribution is 9.10. The first kappa shape index (κ1) is 21.0. The number of nitrogens with zero attached hydrogens (tertiary/aromatic N) is 2. The van der Waals surface area contributed by atoms with Crippen molar-refractivity contribution in [1.29, 1.82) is 0 Å². The number of carbonyl (C=O) groups is 1. The van der Waals surface area contributed by atoms with Gasteiger partial charge in [-0.2, -0.15) is 5.10 Å². The fourth-order valence-electron chi connectivity index (χ4n) is 3.60. The summed E-state index contributed by atoms with van der Waals surface area (Å²) in [7, 11) is 1.42. The maximum atomic E-state index is 12.4. The van der Waals surface area contributed by atoms with Gasteiger partial charge in [-0.3, -0.25) is 4.68 Å². The number of aromatic nitrogens is 2. The number of hydrogen-bond acceptors (Lipinski definition) is 5. The Hall–Kier alpha value is -2.23. The monoisotopic (exact) mass is 504 g/mol. The smallest absolute Gasteiger partial charge is 0.341 e. The molecule has 1 aromatic carbocycles. The summed E-state index contributed by atoms with van der Waals surface area (Å²) in [4.78, 5) is 13.6. The molecule has 0 amide bonds. The molecular formula is C21H21BrN4O2S2. The van der Waals surface area contributed by atoms with E-state index in [1.165, 1.54) is 12.0 Å². The Morgan fingerprint density at radius 3 is 2.93 bits per heavy atom. The van der Waals surface area contributed by atoms with Gasteiger partial charge in [0.15, 0.2) is 5.11 Å². The quantitative estimate of drug-likeness (QED) is 0.366. The van der Waals surface area contributed by atoms with Crippen molar-refractivity contribution in [1.82, 2.24) is 9.78 Å². The SMILES string of the molecule is COC(=O)c1c(NC(=S)Nc2cccc(Cn3cc(Br)cn3)c2)sc2c1CCCC2. The predicted molar refractivity (Wildman–Crippen MR) is 128 cm³/mol. The zero-order chi connectivity index (χ0) is 21.1. The van der Waals surface area contributed by atoms with Crippen molar-refractivity contribution in [3.05, 3.63) is 62.7 Å². The van der Waals surface area contributed by atoms with Gasteiger partial charge >= 0.3 is 5.97 Å². The van der Waals surface area contributed by atoms with Crippen LogP contribution >= 0.6 is 39.5 Å². The summed E-state index contributed by atoms with van der Waals surface area (Å²) in [6.07, 6.45) is 7.84. The molecule has 2 N–H and O–H groups in total. The van der Waals surface area contributed by atoms with Crippen molar-refractivity contribution in [3.8, 4) is 0 Å². The van der Waals surface area contributed by atoms with Gasteiger partial charge < -0.3 is 15.4 Å². The molecule has 0 aliphatic heterocycles. The minimum Gasteiger partial charge on any atom is -0.465 e. The standard InChI is InChI=1S/C21H21BrN4O2S2/c1-28-20(27)18-16-7-2-3-8-17(16)30-19(18)25-21(29)24-15-6-4-5-13(9-15)11-26-12-14(22)10-23-26/h4-6,9-10,12H,2-3,7-8,11H2,1H3,(H2,24,25,29). The van der Waals surface area contributed by atoms with Gasteiger partial charge in [-0.15, -0.1) is 11.3 Å². The summed E-state index contributed by atoms with van der Waals surface area (Å²) in [5, 5.41) is 11.9. The summed E-state index contributed by atoms with van der Waals surface area (Å²) in [6, 6.07) is 8.00. The molecule has 2 heterocycles. The number of nitrogens with one attached hydrogen (secondary N) is 2. The van der Waals surface area contributed by atoms with E-state index in [9.17, 15) is 4.79 Å². The number of rotatable bonds is 5. The van der Waals surface area contributed by atoms with Crippen molar-refractivity contribution in [3.63, 3.8) is 0 Å². The van der Waals surface area contributed by atoms with Crippen molar-refractivity contribution in [2.24, 2.45) is 0 Å². The number of aryl methyl sites for hydroxylation is 1. The maximum Gasteiger partial charge on any atom is 0.341 e. The number of carbonyl (C=O) groups excluding carboxylic acids is 1. The zero-order valence-corrected chi connectivity index (χ0v) is 19.6. The first-order valence-corrected chi connectivity index (χ1v) is 11.6. The van der Waals surface area contributed by atoms with Gasteiger partial charge in [0, 0.05) is 16.8 Å². The predicted octanol–water partition coefficient (Wildman–Crippen LogP) is 5.23. The molecule has 0 fully saturated rings. The Balaban J connectivity index is 1.48. The average Bonchev–Trinajstić information content (AvgIpc) is 3.30. The highest BCUT2D eigenvalue weighted by atomic mass is 79.9. The Bertz CT molecular complexity index is 1090. The molecule has 0 saturated heterocycles. The molecule has 2 aromatic heterocycles. The van der Waals surface area contributed by atoms with Crippen molar-refractivity contribution < 1.29 is 9.53 Å². The second-order valence-electron chi connectivity index (χ2n) is 7.04. The minimum absolute atomic E-state index is 0.313. The molecule has 0 bridgehead atoms. The first-order valence-electron chi connectivity index (χ1n) is 9.61. The Kier molecular flexibility index (Phi) is 6.50. The number of thiocarbonyl (C=S) groups is 1.